The van der Waals surface area contributed by atoms with E-state index < -0.39 is 23.4 Å². The zero-order valence-electron chi connectivity index (χ0n) is 16.1. The van der Waals surface area contributed by atoms with Crippen LogP contribution in [0.3, 0.4) is 0 Å². The van der Waals surface area contributed by atoms with Crippen LogP contribution in [0.2, 0.25) is 0 Å². The van der Waals surface area contributed by atoms with Crippen molar-refractivity contribution in [2.45, 2.75) is 19.0 Å². The molecule has 2 heterocycles. The van der Waals surface area contributed by atoms with Crippen molar-refractivity contribution in [3.63, 3.8) is 0 Å². The molecule has 158 valence electrons. The van der Waals surface area contributed by atoms with Crippen molar-refractivity contribution in [1.29, 1.82) is 0 Å². The topological polar surface area (TPSA) is 79.5 Å². The summed E-state index contributed by atoms with van der Waals surface area (Å²) in [4.78, 5) is 20.5. The Morgan fingerprint density at radius 2 is 1.87 bits per heavy atom. The molecule has 0 saturated carbocycles. The lowest BCUT2D eigenvalue weighted by Crippen LogP contribution is -2.13. The molecule has 0 aliphatic heterocycles. The molecule has 2 aromatic heterocycles. The first-order chi connectivity index (χ1) is 14.8. The molecule has 1 amide bonds. The third-order valence-corrected chi connectivity index (χ3v) is 4.79. The number of hydrogen-bond donors (Lipinski definition) is 2. The van der Waals surface area contributed by atoms with Crippen molar-refractivity contribution in [3.05, 3.63) is 78.4 Å². The number of phenolic OH excluding ortho intramolecular Hbond substituents is 1. The molecule has 0 saturated heterocycles. The first-order valence-electron chi connectivity index (χ1n) is 9.38. The van der Waals surface area contributed by atoms with Crippen LogP contribution in [0, 0.1) is 0 Å². The molecule has 0 aliphatic carbocycles. The van der Waals surface area contributed by atoms with Gasteiger partial charge in [0.2, 0.25) is 5.91 Å². The maximum absolute atomic E-state index is 12.9. The Bertz CT molecular complexity index is 1230. The van der Waals surface area contributed by atoms with Gasteiger partial charge in [0.1, 0.15) is 5.75 Å². The molecule has 6 nitrogen and oxygen atoms in total. The van der Waals surface area contributed by atoms with Crippen LogP contribution < -0.4 is 5.32 Å². The summed E-state index contributed by atoms with van der Waals surface area (Å²) < 4.78 is 40.5. The van der Waals surface area contributed by atoms with Crippen molar-refractivity contribution in [2.24, 2.45) is 0 Å². The number of hydrogen-bond acceptors (Lipinski definition) is 4. The number of carbonyl (C=O) groups excluding carboxylic acids is 1. The van der Waals surface area contributed by atoms with E-state index in [0.717, 1.165) is 28.5 Å². The van der Waals surface area contributed by atoms with Crippen LogP contribution in [-0.2, 0) is 17.4 Å². The number of fused-ring (bicyclic) bond motifs is 1. The second-order valence-electron chi connectivity index (χ2n) is 6.92. The molecule has 0 bridgehead atoms. The molecule has 9 heteroatoms. The van der Waals surface area contributed by atoms with Crippen LogP contribution in [-0.4, -0.2) is 25.4 Å². The van der Waals surface area contributed by atoms with Gasteiger partial charge in [-0.25, -0.2) is 4.98 Å². The standard InChI is InChI=1S/C22H17F3N4O2/c23-22(24,25)17-11-16(6-7-19(17)30)28-21(31)8-3-14-1-4-15(5-2-14)18-12-27-20-13-26-9-10-29(18)20/h1-2,4-7,9-13,30H,3,8H2,(H,28,31). The normalized spacial score (nSPS) is 11.6. The fraction of sp³-hybridized carbons (Fsp3) is 0.136. The van der Waals surface area contributed by atoms with E-state index in [1.165, 1.54) is 6.07 Å². The van der Waals surface area contributed by atoms with Gasteiger partial charge in [-0.15, -0.1) is 0 Å². The predicted octanol–water partition coefficient (Wildman–Crippen LogP) is 4.69. The van der Waals surface area contributed by atoms with Gasteiger partial charge in [-0.2, -0.15) is 13.2 Å². The van der Waals surface area contributed by atoms with Gasteiger partial charge in [0.25, 0.3) is 0 Å². The molecule has 0 unspecified atom stereocenters. The van der Waals surface area contributed by atoms with Gasteiger partial charge in [0, 0.05) is 30.1 Å². The third-order valence-electron chi connectivity index (χ3n) is 4.79. The lowest BCUT2D eigenvalue weighted by atomic mass is 10.1. The zero-order chi connectivity index (χ0) is 22.0. The average molecular weight is 426 g/mol. The van der Waals surface area contributed by atoms with E-state index in [4.69, 9.17) is 0 Å². The predicted molar refractivity (Wildman–Crippen MR) is 108 cm³/mol. The van der Waals surface area contributed by atoms with Crippen LogP contribution in [0.1, 0.15) is 17.5 Å². The van der Waals surface area contributed by atoms with Gasteiger partial charge in [0.05, 0.1) is 23.7 Å². The maximum atomic E-state index is 12.9. The zero-order valence-corrected chi connectivity index (χ0v) is 16.1. The highest BCUT2D eigenvalue weighted by atomic mass is 19.4. The average Bonchev–Trinajstić information content (AvgIpc) is 3.17. The first kappa shape index (κ1) is 20.4. The van der Waals surface area contributed by atoms with Gasteiger partial charge in [0.15, 0.2) is 5.65 Å². The summed E-state index contributed by atoms with van der Waals surface area (Å²) in [6.07, 6.45) is 2.75. The summed E-state index contributed by atoms with van der Waals surface area (Å²) >= 11 is 0. The summed E-state index contributed by atoms with van der Waals surface area (Å²) in [5.41, 5.74) is 2.30. The van der Waals surface area contributed by atoms with Crippen LogP contribution in [0.5, 0.6) is 5.75 Å². The van der Waals surface area contributed by atoms with E-state index in [1.807, 2.05) is 34.9 Å². The minimum absolute atomic E-state index is 0.0208. The highest BCUT2D eigenvalue weighted by Crippen LogP contribution is 2.37. The molecule has 2 aromatic carbocycles. The number of imidazole rings is 1. The smallest absolute Gasteiger partial charge is 0.420 e. The Morgan fingerprint density at radius 3 is 2.61 bits per heavy atom. The SMILES string of the molecule is O=C(CCc1ccc(-c2cnc3cnccn23)cc1)Nc1ccc(O)c(C(F)(F)F)c1. The number of rotatable bonds is 5. The number of aryl methyl sites for hydroxylation is 1. The lowest BCUT2D eigenvalue weighted by molar-refractivity contribution is -0.138. The quantitative estimate of drug-likeness (QED) is 0.454. The van der Waals surface area contributed by atoms with E-state index in [2.05, 4.69) is 15.3 Å². The van der Waals surface area contributed by atoms with Gasteiger partial charge in [-0.1, -0.05) is 24.3 Å². The molecular formula is C22H17F3N4O2. The summed E-state index contributed by atoms with van der Waals surface area (Å²) in [7, 11) is 0. The number of amides is 1. The Hall–Kier alpha value is -3.88. The molecule has 0 fully saturated rings. The third kappa shape index (κ3) is 4.50. The van der Waals surface area contributed by atoms with E-state index >= 15 is 0 Å². The second kappa shape index (κ2) is 8.10. The van der Waals surface area contributed by atoms with Crippen LogP contribution >= 0.6 is 0 Å². The molecule has 4 aromatic rings. The first-order valence-corrected chi connectivity index (χ1v) is 9.38. The van der Waals surface area contributed by atoms with Crippen molar-refractivity contribution >= 4 is 17.2 Å². The number of halogens is 3. The minimum Gasteiger partial charge on any atom is -0.507 e. The monoisotopic (exact) mass is 426 g/mol. The Labute approximate surface area is 175 Å². The fourth-order valence-electron chi connectivity index (χ4n) is 3.22. The number of nitrogens with one attached hydrogen (secondary N) is 1. The van der Waals surface area contributed by atoms with Crippen molar-refractivity contribution in [3.8, 4) is 17.0 Å². The molecule has 4 rings (SSSR count). The lowest BCUT2D eigenvalue weighted by Gasteiger charge is -2.12. The second-order valence-corrected chi connectivity index (χ2v) is 6.92. The highest BCUT2D eigenvalue weighted by Gasteiger charge is 2.34. The van der Waals surface area contributed by atoms with Crippen molar-refractivity contribution in [2.75, 3.05) is 5.32 Å². The van der Waals surface area contributed by atoms with E-state index in [9.17, 15) is 23.1 Å². The van der Waals surface area contributed by atoms with E-state index in [0.29, 0.717) is 12.5 Å². The highest BCUT2D eigenvalue weighted by molar-refractivity contribution is 5.91. The van der Waals surface area contributed by atoms with Crippen molar-refractivity contribution < 1.29 is 23.1 Å². The molecule has 0 spiro atoms. The van der Waals surface area contributed by atoms with Gasteiger partial charge >= 0.3 is 6.18 Å². The van der Waals surface area contributed by atoms with Crippen LogP contribution in [0.25, 0.3) is 16.9 Å². The van der Waals surface area contributed by atoms with Crippen LogP contribution in [0.4, 0.5) is 18.9 Å². The minimum atomic E-state index is -4.70. The summed E-state index contributed by atoms with van der Waals surface area (Å²) in [6.45, 7) is 0. The fourth-order valence-corrected chi connectivity index (χ4v) is 3.22. The summed E-state index contributed by atoms with van der Waals surface area (Å²) in [5, 5.41) is 11.8. The molecular weight excluding hydrogens is 409 g/mol. The Balaban J connectivity index is 1.39. The summed E-state index contributed by atoms with van der Waals surface area (Å²) in [6, 6.07) is 10.5. The Kier molecular flexibility index (Phi) is 5.33. The van der Waals surface area contributed by atoms with Gasteiger partial charge in [-0.3, -0.25) is 14.2 Å². The van der Waals surface area contributed by atoms with Crippen molar-refractivity contribution in [1.82, 2.24) is 14.4 Å². The molecule has 2 N–H and O–H groups in total. The maximum Gasteiger partial charge on any atom is 0.420 e. The number of anilines is 1. The molecule has 0 atom stereocenters. The molecule has 0 radical (unpaired) electrons. The summed E-state index contributed by atoms with van der Waals surface area (Å²) in [5.74, 6) is -1.30. The van der Waals surface area contributed by atoms with Crippen LogP contribution in [0.15, 0.2) is 67.3 Å². The van der Waals surface area contributed by atoms with E-state index in [1.54, 1.807) is 18.6 Å². The van der Waals surface area contributed by atoms with Gasteiger partial charge in [-0.05, 0) is 30.2 Å². The number of carbonyl (C=O) groups is 1. The van der Waals surface area contributed by atoms with E-state index in [-0.39, 0.29) is 12.1 Å². The number of benzene rings is 2. The number of alkyl halides is 3. The number of nitrogens with zero attached hydrogens (tertiary/aromatic N) is 3. The number of aromatic nitrogens is 3. The van der Waals surface area contributed by atoms with Gasteiger partial charge < -0.3 is 10.4 Å². The number of phenols is 1. The molecule has 0 aliphatic rings. The molecule has 31 heavy (non-hydrogen) atoms. The largest absolute Gasteiger partial charge is 0.507 e. The number of aromatic hydroxyl groups is 1. The Morgan fingerprint density at radius 1 is 1.10 bits per heavy atom.